The molecule has 0 aromatic rings. The number of carboxylic acid groups (broad SMARTS) is 1. The minimum Gasteiger partial charge on any atom is -0.481 e. The van der Waals surface area contributed by atoms with Crippen LogP contribution >= 0.6 is 0 Å². The van der Waals surface area contributed by atoms with Gasteiger partial charge in [-0.3, -0.25) is 9.59 Å². The van der Waals surface area contributed by atoms with Crippen LogP contribution in [0.25, 0.3) is 0 Å². The van der Waals surface area contributed by atoms with E-state index in [4.69, 9.17) is 14.2 Å². The Morgan fingerprint density at radius 3 is 1.61 bits per heavy atom. The summed E-state index contributed by atoms with van der Waals surface area (Å²) in [5.41, 5.74) is 0. The first-order valence-electron chi connectivity index (χ1n) is 18.5. The average molecular weight is 623 g/mol. The van der Waals surface area contributed by atoms with E-state index in [9.17, 15) is 14.7 Å². The van der Waals surface area contributed by atoms with Crippen molar-refractivity contribution < 1.29 is 28.9 Å². The van der Waals surface area contributed by atoms with Crippen molar-refractivity contribution in [1.82, 2.24) is 0 Å². The van der Waals surface area contributed by atoms with Gasteiger partial charge in [0.1, 0.15) is 6.10 Å². The first-order valence-corrected chi connectivity index (χ1v) is 18.5. The zero-order valence-electron chi connectivity index (χ0n) is 29.0. The number of carbonyl (C=O) groups excluding carboxylic acids is 1. The number of aliphatic carboxylic acids is 1. The Hall–Kier alpha value is -1.66. The van der Waals surface area contributed by atoms with Crippen molar-refractivity contribution in [2.75, 3.05) is 13.2 Å². The molecule has 0 aromatic heterocycles. The molecule has 0 aliphatic heterocycles. The van der Waals surface area contributed by atoms with Crippen LogP contribution in [0.5, 0.6) is 0 Å². The molecule has 44 heavy (non-hydrogen) atoms. The van der Waals surface area contributed by atoms with Crippen molar-refractivity contribution in [3.8, 4) is 0 Å². The lowest BCUT2D eigenvalue weighted by Crippen LogP contribution is -2.24. The molecule has 0 radical (unpaired) electrons. The van der Waals surface area contributed by atoms with Gasteiger partial charge in [-0.15, -0.1) is 0 Å². The molecule has 0 amide bonds. The predicted molar refractivity (Wildman–Crippen MR) is 184 cm³/mol. The quantitative estimate of drug-likeness (QED) is 0.0333. The van der Waals surface area contributed by atoms with Crippen molar-refractivity contribution in [3.05, 3.63) is 24.3 Å². The highest BCUT2D eigenvalue weighted by Gasteiger charge is 2.20. The Bertz CT molecular complexity index is 671. The molecule has 258 valence electrons. The largest absolute Gasteiger partial charge is 0.481 e. The number of unbranched alkanes of at least 4 members (excludes halogenated alkanes) is 16. The number of allylic oxidation sites excluding steroid dienone is 4. The molecule has 0 rings (SSSR count). The lowest BCUT2D eigenvalue weighted by molar-refractivity contribution is -0.164. The molecule has 0 aliphatic carbocycles. The van der Waals surface area contributed by atoms with Gasteiger partial charge in [0.15, 0.2) is 6.29 Å². The van der Waals surface area contributed by atoms with E-state index in [0.29, 0.717) is 26.1 Å². The summed E-state index contributed by atoms with van der Waals surface area (Å²) in [6.45, 7) is 7.94. The molecular weight excluding hydrogens is 552 g/mol. The summed E-state index contributed by atoms with van der Waals surface area (Å²) in [6, 6.07) is 0. The highest BCUT2D eigenvalue weighted by molar-refractivity contribution is 5.71. The molecule has 0 bridgehead atoms. The van der Waals surface area contributed by atoms with Crippen LogP contribution in [-0.2, 0) is 23.8 Å². The van der Waals surface area contributed by atoms with Gasteiger partial charge >= 0.3 is 11.9 Å². The minimum absolute atomic E-state index is 0.150. The number of ether oxygens (including phenoxy) is 3. The smallest absolute Gasteiger partial charge is 0.307 e. The SMILES string of the molecule is CCCCC/C=C\C/C=C\CCCCCC(CC(=O)O)OC(=O)CCC(OCCCCCCCC)OCCCCCCCC. The number of hydrogen-bond acceptors (Lipinski definition) is 5. The molecule has 1 unspecified atom stereocenters. The average Bonchev–Trinajstić information content (AvgIpc) is 3.00. The number of hydrogen-bond donors (Lipinski definition) is 1. The van der Waals surface area contributed by atoms with Gasteiger partial charge in [-0.2, -0.15) is 0 Å². The number of carbonyl (C=O) groups is 2. The van der Waals surface area contributed by atoms with Gasteiger partial charge in [-0.1, -0.05) is 129 Å². The zero-order chi connectivity index (χ0) is 32.4. The summed E-state index contributed by atoms with van der Waals surface area (Å²) in [5.74, 6) is -1.30. The van der Waals surface area contributed by atoms with Crippen LogP contribution < -0.4 is 0 Å². The van der Waals surface area contributed by atoms with E-state index in [1.165, 1.54) is 77.0 Å². The van der Waals surface area contributed by atoms with Crippen molar-refractivity contribution >= 4 is 11.9 Å². The van der Waals surface area contributed by atoms with Gasteiger partial charge in [-0.25, -0.2) is 0 Å². The van der Waals surface area contributed by atoms with Gasteiger partial charge in [0.25, 0.3) is 0 Å². The minimum atomic E-state index is -0.934. The van der Waals surface area contributed by atoms with Gasteiger partial charge in [-0.05, 0) is 57.8 Å². The third-order valence-electron chi connectivity index (χ3n) is 7.86. The van der Waals surface area contributed by atoms with Crippen molar-refractivity contribution in [3.63, 3.8) is 0 Å². The molecule has 0 spiro atoms. The topological polar surface area (TPSA) is 82.1 Å². The third-order valence-corrected chi connectivity index (χ3v) is 7.86. The van der Waals surface area contributed by atoms with Gasteiger partial charge in [0.2, 0.25) is 0 Å². The standard InChI is InChI=1S/C38H70O6/c1-4-7-10-13-16-17-18-19-20-21-22-23-26-29-35(34-36(39)40)44-37(41)30-31-38(42-32-27-24-14-11-8-5-2)43-33-28-25-15-12-9-6-3/h16-17,19-20,35,38H,4-15,18,21-34H2,1-3H3,(H,39,40)/b17-16-,20-19-. The second-order valence-electron chi connectivity index (χ2n) is 12.3. The number of rotatable bonds is 34. The first kappa shape index (κ1) is 42.3. The Labute approximate surface area is 271 Å². The van der Waals surface area contributed by atoms with Gasteiger partial charge in [0, 0.05) is 19.6 Å². The molecule has 1 atom stereocenters. The van der Waals surface area contributed by atoms with E-state index in [1.54, 1.807) is 0 Å². The maximum Gasteiger partial charge on any atom is 0.307 e. The van der Waals surface area contributed by atoms with Crippen LogP contribution in [0.4, 0.5) is 0 Å². The van der Waals surface area contributed by atoms with Crippen LogP contribution in [0.1, 0.15) is 181 Å². The third kappa shape index (κ3) is 31.8. The summed E-state index contributed by atoms with van der Waals surface area (Å²) in [5, 5.41) is 9.35. The molecule has 0 aliphatic rings. The van der Waals surface area contributed by atoms with Crippen molar-refractivity contribution in [2.24, 2.45) is 0 Å². The summed E-state index contributed by atoms with van der Waals surface area (Å²) >= 11 is 0. The van der Waals surface area contributed by atoms with E-state index < -0.39 is 18.4 Å². The van der Waals surface area contributed by atoms with Crippen molar-refractivity contribution in [2.45, 2.75) is 194 Å². The maximum atomic E-state index is 12.7. The number of carboxylic acids is 1. The highest BCUT2D eigenvalue weighted by atomic mass is 16.7. The molecular formula is C38H70O6. The Morgan fingerprint density at radius 1 is 0.591 bits per heavy atom. The summed E-state index contributed by atoms with van der Waals surface area (Å²) in [6.07, 6.45) is 33.2. The Kier molecular flexibility index (Phi) is 32.9. The summed E-state index contributed by atoms with van der Waals surface area (Å²) < 4.78 is 17.7. The van der Waals surface area contributed by atoms with Crippen molar-refractivity contribution in [1.29, 1.82) is 0 Å². The molecule has 0 aromatic carbocycles. The zero-order valence-corrected chi connectivity index (χ0v) is 29.0. The van der Waals surface area contributed by atoms with E-state index in [2.05, 4.69) is 45.1 Å². The Morgan fingerprint density at radius 2 is 1.07 bits per heavy atom. The molecule has 0 saturated heterocycles. The maximum absolute atomic E-state index is 12.7. The molecule has 0 saturated carbocycles. The second kappa shape index (κ2) is 34.2. The fourth-order valence-corrected chi connectivity index (χ4v) is 5.12. The van der Waals surface area contributed by atoms with Crippen LogP contribution in [0.2, 0.25) is 0 Å². The molecule has 6 heteroatoms. The van der Waals surface area contributed by atoms with E-state index >= 15 is 0 Å². The lowest BCUT2D eigenvalue weighted by atomic mass is 10.1. The highest BCUT2D eigenvalue weighted by Crippen LogP contribution is 2.16. The number of esters is 1. The van der Waals surface area contributed by atoms with Crippen LogP contribution in [0.15, 0.2) is 24.3 Å². The molecule has 0 fully saturated rings. The predicted octanol–water partition coefficient (Wildman–Crippen LogP) is 11.3. The second-order valence-corrected chi connectivity index (χ2v) is 12.3. The van der Waals surface area contributed by atoms with Crippen LogP contribution in [0.3, 0.4) is 0 Å². The molecule has 0 heterocycles. The van der Waals surface area contributed by atoms with Gasteiger partial charge < -0.3 is 19.3 Å². The normalized spacial score (nSPS) is 12.5. The molecule has 6 nitrogen and oxygen atoms in total. The van der Waals surface area contributed by atoms with E-state index in [0.717, 1.165) is 57.8 Å². The fraction of sp³-hybridized carbons (Fsp3) is 0.842. The van der Waals surface area contributed by atoms with E-state index in [1.807, 2.05) is 0 Å². The summed E-state index contributed by atoms with van der Waals surface area (Å²) in [4.78, 5) is 24.1. The fourth-order valence-electron chi connectivity index (χ4n) is 5.12. The summed E-state index contributed by atoms with van der Waals surface area (Å²) in [7, 11) is 0. The molecule has 1 N–H and O–H groups in total. The Balaban J connectivity index is 4.42. The lowest BCUT2D eigenvalue weighted by Gasteiger charge is -2.20. The monoisotopic (exact) mass is 623 g/mol. The van der Waals surface area contributed by atoms with Crippen LogP contribution in [-0.4, -0.2) is 42.7 Å². The van der Waals surface area contributed by atoms with E-state index in [-0.39, 0.29) is 18.8 Å². The van der Waals surface area contributed by atoms with Gasteiger partial charge in [0.05, 0.1) is 12.8 Å². The first-order chi connectivity index (χ1) is 21.5. The van der Waals surface area contributed by atoms with Crippen LogP contribution in [0, 0.1) is 0 Å².